The van der Waals surface area contributed by atoms with Gasteiger partial charge in [-0.2, -0.15) is 0 Å². The van der Waals surface area contributed by atoms with E-state index in [2.05, 4.69) is 46.5 Å². The normalized spacial score (nSPS) is 10.7. The Morgan fingerprint density at radius 2 is 1.75 bits per heavy atom. The zero-order valence-electron chi connectivity index (χ0n) is 11.5. The molecule has 0 atom stereocenters. The van der Waals surface area contributed by atoms with E-state index in [9.17, 15) is 0 Å². The lowest BCUT2D eigenvalue weighted by molar-refractivity contribution is 0.922. The van der Waals surface area contributed by atoms with Crippen molar-refractivity contribution < 1.29 is 0 Å². The summed E-state index contributed by atoms with van der Waals surface area (Å²) in [5, 5.41) is 4.40. The lowest BCUT2D eigenvalue weighted by Crippen LogP contribution is -1.96. The average Bonchev–Trinajstić information content (AvgIpc) is 2.50. The highest BCUT2D eigenvalue weighted by atomic mass is 15.0. The lowest BCUT2D eigenvalue weighted by atomic mass is 10.1. The topological polar surface area (TPSA) is 37.8 Å². The largest absolute Gasteiger partial charge is 0.340 e. The fourth-order valence-electron chi connectivity index (χ4n) is 2.28. The molecule has 0 spiro atoms. The maximum atomic E-state index is 4.34. The van der Waals surface area contributed by atoms with E-state index in [0.717, 1.165) is 28.8 Å². The summed E-state index contributed by atoms with van der Waals surface area (Å²) < 4.78 is 0. The first kappa shape index (κ1) is 12.6. The SMILES string of the molecule is CCCc1ccc(Nc2ncnc3ccccc23)cc1. The molecule has 1 aromatic heterocycles. The van der Waals surface area contributed by atoms with Gasteiger partial charge in [0.05, 0.1) is 5.52 Å². The van der Waals surface area contributed by atoms with Gasteiger partial charge >= 0.3 is 0 Å². The van der Waals surface area contributed by atoms with Gasteiger partial charge in [-0.3, -0.25) is 0 Å². The smallest absolute Gasteiger partial charge is 0.141 e. The number of fused-ring (bicyclic) bond motifs is 1. The number of aromatic nitrogens is 2. The first-order valence-corrected chi connectivity index (χ1v) is 6.92. The molecular weight excluding hydrogens is 246 g/mol. The molecule has 3 heteroatoms. The monoisotopic (exact) mass is 263 g/mol. The van der Waals surface area contributed by atoms with E-state index in [-0.39, 0.29) is 0 Å². The summed E-state index contributed by atoms with van der Waals surface area (Å²) in [4.78, 5) is 8.61. The molecule has 2 aromatic carbocycles. The van der Waals surface area contributed by atoms with Gasteiger partial charge in [0.1, 0.15) is 12.1 Å². The van der Waals surface area contributed by atoms with E-state index in [1.807, 2.05) is 24.3 Å². The number of rotatable bonds is 4. The number of nitrogens with zero attached hydrogens (tertiary/aromatic N) is 2. The highest BCUT2D eigenvalue weighted by Gasteiger charge is 2.03. The van der Waals surface area contributed by atoms with E-state index >= 15 is 0 Å². The molecule has 0 unspecified atom stereocenters. The third-order valence-electron chi connectivity index (χ3n) is 3.30. The number of hydrogen-bond acceptors (Lipinski definition) is 3. The summed E-state index contributed by atoms with van der Waals surface area (Å²) in [6.45, 7) is 2.19. The van der Waals surface area contributed by atoms with Crippen molar-refractivity contribution in [3.05, 3.63) is 60.4 Å². The first-order chi connectivity index (χ1) is 9.86. The van der Waals surface area contributed by atoms with Crippen molar-refractivity contribution in [1.29, 1.82) is 0 Å². The van der Waals surface area contributed by atoms with Crippen LogP contribution in [-0.2, 0) is 6.42 Å². The molecule has 1 heterocycles. The van der Waals surface area contributed by atoms with E-state index in [4.69, 9.17) is 0 Å². The van der Waals surface area contributed by atoms with Crippen LogP contribution in [-0.4, -0.2) is 9.97 Å². The maximum absolute atomic E-state index is 4.34. The van der Waals surface area contributed by atoms with Crippen LogP contribution in [0.4, 0.5) is 11.5 Å². The predicted molar refractivity (Wildman–Crippen MR) is 83.3 cm³/mol. The quantitative estimate of drug-likeness (QED) is 0.761. The molecule has 0 radical (unpaired) electrons. The summed E-state index contributed by atoms with van der Waals surface area (Å²) >= 11 is 0. The summed E-state index contributed by atoms with van der Waals surface area (Å²) in [5.74, 6) is 0.846. The van der Waals surface area contributed by atoms with Crippen LogP contribution in [0.15, 0.2) is 54.9 Å². The van der Waals surface area contributed by atoms with Gasteiger partial charge in [-0.1, -0.05) is 37.6 Å². The Hall–Kier alpha value is -2.42. The summed E-state index contributed by atoms with van der Waals surface area (Å²) in [7, 11) is 0. The fourth-order valence-corrected chi connectivity index (χ4v) is 2.28. The molecule has 0 amide bonds. The minimum Gasteiger partial charge on any atom is -0.340 e. The predicted octanol–water partition coefficient (Wildman–Crippen LogP) is 4.33. The van der Waals surface area contributed by atoms with Crippen molar-refractivity contribution in [2.24, 2.45) is 0 Å². The van der Waals surface area contributed by atoms with E-state index in [1.54, 1.807) is 6.33 Å². The number of nitrogens with one attached hydrogen (secondary N) is 1. The highest BCUT2D eigenvalue weighted by Crippen LogP contribution is 2.22. The van der Waals surface area contributed by atoms with Crippen LogP contribution in [0.25, 0.3) is 10.9 Å². The Morgan fingerprint density at radius 1 is 0.950 bits per heavy atom. The Labute approximate surface area is 118 Å². The standard InChI is InChI=1S/C17H17N3/c1-2-5-13-8-10-14(11-9-13)20-17-15-6-3-4-7-16(15)18-12-19-17/h3-4,6-12H,2,5H2,1H3,(H,18,19,20). The molecule has 0 saturated heterocycles. The molecule has 0 saturated carbocycles. The minimum absolute atomic E-state index is 0.846. The second kappa shape index (κ2) is 5.70. The summed E-state index contributed by atoms with van der Waals surface area (Å²) in [6.07, 6.45) is 3.89. The van der Waals surface area contributed by atoms with Gasteiger partial charge in [-0.25, -0.2) is 9.97 Å². The van der Waals surface area contributed by atoms with Crippen molar-refractivity contribution in [2.45, 2.75) is 19.8 Å². The van der Waals surface area contributed by atoms with Crippen LogP contribution in [0.3, 0.4) is 0 Å². The number of anilines is 2. The average molecular weight is 263 g/mol. The first-order valence-electron chi connectivity index (χ1n) is 6.92. The van der Waals surface area contributed by atoms with Gasteiger partial charge in [0.2, 0.25) is 0 Å². The van der Waals surface area contributed by atoms with Crippen molar-refractivity contribution in [3.8, 4) is 0 Å². The molecule has 3 rings (SSSR count). The third kappa shape index (κ3) is 2.62. The van der Waals surface area contributed by atoms with Crippen LogP contribution in [0.2, 0.25) is 0 Å². The van der Waals surface area contributed by atoms with Crippen LogP contribution in [0, 0.1) is 0 Å². The molecule has 0 bridgehead atoms. The number of benzene rings is 2. The minimum atomic E-state index is 0.846. The number of hydrogen-bond donors (Lipinski definition) is 1. The Morgan fingerprint density at radius 3 is 2.55 bits per heavy atom. The van der Waals surface area contributed by atoms with Crippen molar-refractivity contribution in [1.82, 2.24) is 9.97 Å². The molecule has 100 valence electrons. The van der Waals surface area contributed by atoms with Crippen molar-refractivity contribution in [3.63, 3.8) is 0 Å². The van der Waals surface area contributed by atoms with Gasteiger partial charge in [-0.15, -0.1) is 0 Å². The molecule has 0 aliphatic carbocycles. The second-order valence-electron chi connectivity index (χ2n) is 4.81. The van der Waals surface area contributed by atoms with E-state index in [0.29, 0.717) is 0 Å². The highest BCUT2D eigenvalue weighted by molar-refractivity contribution is 5.90. The van der Waals surface area contributed by atoms with Crippen molar-refractivity contribution >= 4 is 22.4 Å². The molecule has 0 aliphatic rings. The van der Waals surface area contributed by atoms with Gasteiger partial charge in [0, 0.05) is 11.1 Å². The van der Waals surface area contributed by atoms with Crippen LogP contribution in [0.1, 0.15) is 18.9 Å². The second-order valence-corrected chi connectivity index (χ2v) is 4.81. The van der Waals surface area contributed by atoms with Gasteiger partial charge in [0.25, 0.3) is 0 Å². The molecule has 20 heavy (non-hydrogen) atoms. The van der Waals surface area contributed by atoms with Gasteiger partial charge in [-0.05, 0) is 36.2 Å². The lowest BCUT2D eigenvalue weighted by Gasteiger charge is -2.08. The molecule has 3 nitrogen and oxygen atoms in total. The van der Waals surface area contributed by atoms with Crippen LogP contribution < -0.4 is 5.32 Å². The molecule has 3 aromatic rings. The van der Waals surface area contributed by atoms with E-state index < -0.39 is 0 Å². The van der Waals surface area contributed by atoms with Crippen LogP contribution >= 0.6 is 0 Å². The molecular formula is C17H17N3. The number of aryl methyl sites for hydroxylation is 1. The maximum Gasteiger partial charge on any atom is 0.141 e. The summed E-state index contributed by atoms with van der Waals surface area (Å²) in [6, 6.07) is 16.5. The van der Waals surface area contributed by atoms with E-state index in [1.165, 1.54) is 12.0 Å². The Bertz CT molecular complexity index is 700. The Balaban J connectivity index is 1.89. The third-order valence-corrected chi connectivity index (χ3v) is 3.30. The molecule has 1 N–H and O–H groups in total. The summed E-state index contributed by atoms with van der Waals surface area (Å²) in [5.41, 5.74) is 3.37. The molecule has 0 fully saturated rings. The molecule has 0 aliphatic heterocycles. The van der Waals surface area contributed by atoms with Crippen molar-refractivity contribution in [2.75, 3.05) is 5.32 Å². The zero-order chi connectivity index (χ0) is 13.8. The van der Waals surface area contributed by atoms with Gasteiger partial charge in [0.15, 0.2) is 0 Å². The van der Waals surface area contributed by atoms with Crippen LogP contribution in [0.5, 0.6) is 0 Å². The van der Waals surface area contributed by atoms with Gasteiger partial charge < -0.3 is 5.32 Å². The number of para-hydroxylation sites is 1. The zero-order valence-corrected chi connectivity index (χ0v) is 11.5. The fraction of sp³-hybridized carbons (Fsp3) is 0.176. The Kier molecular flexibility index (Phi) is 3.59.